The van der Waals surface area contributed by atoms with Gasteiger partial charge in [0.1, 0.15) is 5.69 Å². The molecule has 0 saturated heterocycles. The molecule has 3 aromatic heterocycles. The molecule has 0 bridgehead atoms. The molecule has 1 N–H and O–H groups in total. The maximum atomic E-state index is 13.2. The molecule has 0 aliphatic heterocycles. The van der Waals surface area contributed by atoms with Crippen LogP contribution in [0.2, 0.25) is 0 Å². The summed E-state index contributed by atoms with van der Waals surface area (Å²) in [4.78, 5) is 32.0. The van der Waals surface area contributed by atoms with Crippen molar-refractivity contribution < 1.29 is 22.8 Å². The molecule has 1 aliphatic rings. The van der Waals surface area contributed by atoms with Crippen LogP contribution in [0.4, 0.5) is 5.13 Å². The fourth-order valence-electron chi connectivity index (χ4n) is 3.32. The molecule has 0 atom stereocenters. The first-order chi connectivity index (χ1) is 17.3. The van der Waals surface area contributed by atoms with Gasteiger partial charge >= 0.3 is 0 Å². The highest BCUT2D eigenvalue weighted by Crippen LogP contribution is 2.33. The van der Waals surface area contributed by atoms with Gasteiger partial charge in [-0.3, -0.25) is 14.8 Å². The molecular formula is C22H21N7O5S2. The lowest BCUT2D eigenvalue weighted by Crippen LogP contribution is -2.24. The molecule has 3 heterocycles. The van der Waals surface area contributed by atoms with Gasteiger partial charge < -0.3 is 9.57 Å². The zero-order valence-corrected chi connectivity index (χ0v) is 20.9. The second kappa shape index (κ2) is 9.62. The molecule has 0 unspecified atom stereocenters. The highest BCUT2D eigenvalue weighted by atomic mass is 32.2. The summed E-state index contributed by atoms with van der Waals surface area (Å²) in [6.45, 7) is 0.0422. The highest BCUT2D eigenvalue weighted by Gasteiger charge is 2.36. The fourth-order valence-corrected chi connectivity index (χ4v) is 5.76. The number of sulfone groups is 1. The molecule has 1 amide bonds. The average molecular weight is 528 g/mol. The first-order valence-electron chi connectivity index (χ1n) is 10.9. The summed E-state index contributed by atoms with van der Waals surface area (Å²) in [6, 6.07) is 7.78. The lowest BCUT2D eigenvalue weighted by atomic mass is 10.1. The summed E-state index contributed by atoms with van der Waals surface area (Å²) in [6.07, 6.45) is 4.53. The second-order valence-electron chi connectivity index (χ2n) is 7.98. The molecule has 0 spiro atoms. The summed E-state index contributed by atoms with van der Waals surface area (Å²) in [5.41, 5.74) is 1.31. The van der Waals surface area contributed by atoms with E-state index in [0.29, 0.717) is 40.5 Å². The minimum absolute atomic E-state index is 0.0422. The van der Waals surface area contributed by atoms with Gasteiger partial charge in [-0.2, -0.15) is 15.1 Å². The molecule has 4 aromatic rings. The number of rotatable bonds is 9. The number of oxime groups is 1. The first-order valence-corrected chi connectivity index (χ1v) is 13.2. The van der Waals surface area contributed by atoms with E-state index >= 15 is 0 Å². The van der Waals surface area contributed by atoms with Crippen molar-refractivity contribution in [3.8, 4) is 5.88 Å². The zero-order valence-electron chi connectivity index (χ0n) is 19.3. The minimum atomic E-state index is -3.36. The van der Waals surface area contributed by atoms with Crippen molar-refractivity contribution in [2.45, 2.75) is 29.6 Å². The molecule has 12 nitrogen and oxygen atoms in total. The van der Waals surface area contributed by atoms with Crippen molar-refractivity contribution in [1.82, 2.24) is 24.7 Å². The third-order valence-corrected chi connectivity index (χ3v) is 8.43. The van der Waals surface area contributed by atoms with Gasteiger partial charge in [-0.25, -0.2) is 13.4 Å². The zero-order chi connectivity index (χ0) is 25.3. The van der Waals surface area contributed by atoms with Gasteiger partial charge in [-0.15, -0.1) is 0 Å². The lowest BCUT2D eigenvalue weighted by Gasteiger charge is -2.08. The van der Waals surface area contributed by atoms with Crippen molar-refractivity contribution in [3.63, 3.8) is 0 Å². The van der Waals surface area contributed by atoms with Gasteiger partial charge in [0.2, 0.25) is 5.88 Å². The number of anilines is 1. The largest absolute Gasteiger partial charge is 0.480 e. The van der Waals surface area contributed by atoms with Gasteiger partial charge in [0.15, 0.2) is 37.8 Å². The number of nitrogens with one attached hydrogen (secondary N) is 1. The number of thiazole rings is 1. The number of benzene rings is 1. The lowest BCUT2D eigenvalue weighted by molar-refractivity contribution is -0.110. The molecule has 14 heteroatoms. The summed E-state index contributed by atoms with van der Waals surface area (Å²) < 4.78 is 31.8. The second-order valence-corrected chi connectivity index (χ2v) is 11.2. The number of ether oxygens (including phenoxy) is 1. The monoisotopic (exact) mass is 527 g/mol. The normalized spacial score (nSPS) is 14.1. The third kappa shape index (κ3) is 5.04. The van der Waals surface area contributed by atoms with E-state index in [0.717, 1.165) is 11.3 Å². The molecule has 1 fully saturated rings. The van der Waals surface area contributed by atoms with Crippen LogP contribution in [0.25, 0.3) is 10.5 Å². The summed E-state index contributed by atoms with van der Waals surface area (Å²) in [5, 5.41) is 10.9. The van der Waals surface area contributed by atoms with Crippen LogP contribution < -0.4 is 10.1 Å². The van der Waals surface area contributed by atoms with E-state index < -0.39 is 15.7 Å². The molecule has 5 rings (SSSR count). The molecule has 1 aliphatic carbocycles. The Bertz CT molecular complexity index is 1560. The first kappa shape index (κ1) is 23.8. The summed E-state index contributed by atoms with van der Waals surface area (Å²) in [7, 11) is -0.104. The van der Waals surface area contributed by atoms with Crippen molar-refractivity contribution in [2.24, 2.45) is 12.2 Å². The van der Waals surface area contributed by atoms with E-state index in [4.69, 9.17) is 9.57 Å². The van der Waals surface area contributed by atoms with Crippen LogP contribution in [0.5, 0.6) is 5.88 Å². The van der Waals surface area contributed by atoms with Crippen LogP contribution in [0.15, 0.2) is 52.8 Å². The number of methoxy groups -OCH3 is 1. The Hall–Kier alpha value is -3.91. The van der Waals surface area contributed by atoms with Crippen LogP contribution in [0.1, 0.15) is 24.1 Å². The van der Waals surface area contributed by atoms with E-state index in [2.05, 4.69) is 30.5 Å². The Labute approximate surface area is 209 Å². The van der Waals surface area contributed by atoms with Crippen molar-refractivity contribution in [1.29, 1.82) is 0 Å². The minimum Gasteiger partial charge on any atom is -0.480 e. The fraction of sp³-hybridized carbons (Fsp3) is 0.273. The molecule has 186 valence electrons. The van der Waals surface area contributed by atoms with Crippen LogP contribution in [0.3, 0.4) is 0 Å². The number of carbonyl (C=O) groups is 1. The Morgan fingerprint density at radius 1 is 1.22 bits per heavy atom. The Balaban J connectivity index is 1.40. The maximum absolute atomic E-state index is 13.2. The topological polar surface area (TPSA) is 151 Å². The number of nitrogens with zero attached hydrogens (tertiary/aromatic N) is 6. The summed E-state index contributed by atoms with van der Waals surface area (Å²) >= 11 is 1.12. The Kier molecular flexibility index (Phi) is 6.36. The highest BCUT2D eigenvalue weighted by molar-refractivity contribution is 7.92. The molecular weight excluding hydrogens is 506 g/mol. The van der Waals surface area contributed by atoms with Crippen LogP contribution in [-0.2, 0) is 33.1 Å². The number of hydrogen-bond acceptors (Lipinski definition) is 11. The van der Waals surface area contributed by atoms with Crippen molar-refractivity contribution in [2.75, 3.05) is 12.4 Å². The van der Waals surface area contributed by atoms with Crippen LogP contribution in [-0.4, -0.2) is 57.1 Å². The van der Waals surface area contributed by atoms with E-state index in [1.54, 1.807) is 24.0 Å². The predicted octanol–water partition coefficient (Wildman–Crippen LogP) is 2.32. The van der Waals surface area contributed by atoms with Gasteiger partial charge in [0.25, 0.3) is 5.91 Å². The van der Waals surface area contributed by atoms with Crippen molar-refractivity contribution >= 4 is 48.4 Å². The number of hydrogen-bond donors (Lipinski definition) is 1. The third-order valence-electron chi connectivity index (χ3n) is 5.30. The molecule has 0 radical (unpaired) electrons. The molecule has 1 saturated carbocycles. The summed E-state index contributed by atoms with van der Waals surface area (Å²) in [5.74, 6) is -0.268. The SMILES string of the molecule is COc1cnc2nc(NC(=O)/C(=N/OCc3ccn(C)n3)c3ccc(S(=O)(=O)C4CC4)cc3)sc2n1. The smallest absolute Gasteiger partial charge is 0.280 e. The number of amides is 1. The van der Waals surface area contributed by atoms with E-state index in [1.807, 2.05) is 0 Å². The van der Waals surface area contributed by atoms with Crippen LogP contribution in [0, 0.1) is 0 Å². The van der Waals surface area contributed by atoms with Gasteiger partial charge in [-0.05, 0) is 31.0 Å². The Morgan fingerprint density at radius 2 is 2.00 bits per heavy atom. The van der Waals surface area contributed by atoms with E-state index in [9.17, 15) is 13.2 Å². The molecule has 1 aromatic carbocycles. The van der Waals surface area contributed by atoms with E-state index in [-0.39, 0.29) is 27.6 Å². The van der Waals surface area contributed by atoms with Gasteiger partial charge in [-0.1, -0.05) is 28.6 Å². The number of fused-ring (bicyclic) bond motifs is 1. The average Bonchev–Trinajstić information content (AvgIpc) is 3.55. The van der Waals surface area contributed by atoms with E-state index in [1.165, 1.54) is 37.6 Å². The quantitative estimate of drug-likeness (QED) is 0.255. The van der Waals surface area contributed by atoms with Crippen LogP contribution >= 0.6 is 11.3 Å². The predicted molar refractivity (Wildman–Crippen MR) is 132 cm³/mol. The number of aromatic nitrogens is 5. The molecule has 36 heavy (non-hydrogen) atoms. The maximum Gasteiger partial charge on any atom is 0.280 e. The van der Waals surface area contributed by atoms with Gasteiger partial charge in [0.05, 0.1) is 23.5 Å². The standard InChI is InChI=1S/C22H21N7O5S2/c1-29-10-9-14(27-29)12-34-28-18(13-3-5-15(6-4-13)36(31,32)16-7-8-16)20(30)26-22-25-19-21(35-22)24-17(33-2)11-23-19/h3-6,9-11,16H,7-8,12H2,1-2H3,(H,23,25,26,30)/b28-18+. The van der Waals surface area contributed by atoms with Gasteiger partial charge in [0, 0.05) is 18.8 Å². The Morgan fingerprint density at radius 3 is 2.67 bits per heavy atom. The van der Waals surface area contributed by atoms with Crippen molar-refractivity contribution in [3.05, 3.63) is 54.0 Å². The number of carbonyl (C=O) groups excluding carboxylic acids is 1. The number of aryl methyl sites for hydroxylation is 1.